The lowest BCUT2D eigenvalue weighted by molar-refractivity contribution is -0.107. The monoisotopic (exact) mass is 355 g/mol. The number of rotatable bonds is 6. The Hall–Kier alpha value is -2.59. The van der Waals surface area contributed by atoms with Gasteiger partial charge in [0.25, 0.3) is 0 Å². The summed E-state index contributed by atoms with van der Waals surface area (Å²) in [4.78, 5) is 15.1. The zero-order chi connectivity index (χ0) is 17.8. The molecular formula is C20H18ClNO3. The molecule has 2 aromatic carbocycles. The molecular weight excluding hydrogens is 338 g/mol. The van der Waals surface area contributed by atoms with E-state index in [-0.39, 0.29) is 6.10 Å². The number of carbonyl (C=O) groups is 1. The Morgan fingerprint density at radius 1 is 1.12 bits per heavy atom. The Labute approximate surface area is 151 Å². The Kier molecular flexibility index (Phi) is 5.19. The molecule has 0 aliphatic heterocycles. The van der Waals surface area contributed by atoms with Gasteiger partial charge in [-0.3, -0.25) is 0 Å². The lowest BCUT2D eigenvalue weighted by Crippen LogP contribution is -2.05. The third-order valence-electron chi connectivity index (χ3n) is 3.54. The van der Waals surface area contributed by atoms with Crippen LogP contribution in [0.5, 0.6) is 17.4 Å². The van der Waals surface area contributed by atoms with E-state index in [0.29, 0.717) is 28.8 Å². The second-order valence-electron chi connectivity index (χ2n) is 5.91. The average molecular weight is 356 g/mol. The predicted octanol–water partition coefficient (Wildman–Crippen LogP) is 5.21. The zero-order valence-electron chi connectivity index (χ0n) is 14.0. The minimum absolute atomic E-state index is 0.0779. The molecule has 0 spiro atoms. The Morgan fingerprint density at radius 2 is 1.96 bits per heavy atom. The molecule has 5 heteroatoms. The summed E-state index contributed by atoms with van der Waals surface area (Å²) in [5.74, 6) is 1.67. The minimum atomic E-state index is 0.0779. The first-order valence-corrected chi connectivity index (χ1v) is 8.40. The van der Waals surface area contributed by atoms with Gasteiger partial charge in [0.2, 0.25) is 5.88 Å². The van der Waals surface area contributed by atoms with Gasteiger partial charge in [-0.15, -0.1) is 0 Å². The standard InChI is InChI=1S/C20H18ClNO3/c1-13(2)24-16-5-7-19(17(21)12-16)25-20-8-4-15-11-14(9-10-23)3-6-18(15)22-20/h3-8,10-13H,9H2,1-2H3. The molecule has 0 amide bonds. The normalized spacial score (nSPS) is 10.9. The fourth-order valence-electron chi connectivity index (χ4n) is 2.46. The third kappa shape index (κ3) is 4.28. The van der Waals surface area contributed by atoms with Gasteiger partial charge in [0.1, 0.15) is 17.8 Å². The number of hydrogen-bond acceptors (Lipinski definition) is 4. The van der Waals surface area contributed by atoms with E-state index in [0.717, 1.165) is 22.8 Å². The van der Waals surface area contributed by atoms with E-state index in [4.69, 9.17) is 21.1 Å². The summed E-state index contributed by atoms with van der Waals surface area (Å²) < 4.78 is 11.4. The maximum absolute atomic E-state index is 10.6. The van der Waals surface area contributed by atoms with Crippen molar-refractivity contribution in [3.63, 3.8) is 0 Å². The van der Waals surface area contributed by atoms with Crippen molar-refractivity contribution < 1.29 is 14.3 Å². The van der Waals surface area contributed by atoms with Gasteiger partial charge < -0.3 is 14.3 Å². The average Bonchev–Trinajstić information content (AvgIpc) is 2.57. The summed E-state index contributed by atoms with van der Waals surface area (Å²) in [7, 11) is 0. The van der Waals surface area contributed by atoms with Crippen molar-refractivity contribution >= 4 is 28.8 Å². The lowest BCUT2D eigenvalue weighted by Gasteiger charge is -2.12. The Morgan fingerprint density at radius 3 is 2.68 bits per heavy atom. The zero-order valence-corrected chi connectivity index (χ0v) is 14.8. The summed E-state index contributed by atoms with van der Waals surface area (Å²) in [5, 5.41) is 1.42. The van der Waals surface area contributed by atoms with Crippen molar-refractivity contribution in [1.82, 2.24) is 4.98 Å². The maximum Gasteiger partial charge on any atom is 0.219 e. The quantitative estimate of drug-likeness (QED) is 0.569. The fraction of sp³-hybridized carbons (Fsp3) is 0.200. The molecule has 0 bridgehead atoms. The van der Waals surface area contributed by atoms with Crippen LogP contribution in [0.1, 0.15) is 19.4 Å². The smallest absolute Gasteiger partial charge is 0.219 e. The summed E-state index contributed by atoms with van der Waals surface area (Å²) in [5.41, 5.74) is 1.75. The lowest BCUT2D eigenvalue weighted by atomic mass is 10.1. The first-order valence-electron chi connectivity index (χ1n) is 8.02. The number of fused-ring (bicyclic) bond motifs is 1. The second kappa shape index (κ2) is 7.53. The third-order valence-corrected chi connectivity index (χ3v) is 3.83. The number of halogens is 1. The van der Waals surface area contributed by atoms with E-state index in [1.807, 2.05) is 44.2 Å². The van der Waals surface area contributed by atoms with Gasteiger partial charge in [0.05, 0.1) is 16.6 Å². The van der Waals surface area contributed by atoms with Gasteiger partial charge in [-0.25, -0.2) is 4.98 Å². The summed E-state index contributed by atoms with van der Waals surface area (Å²) in [6, 6.07) is 14.7. The summed E-state index contributed by atoms with van der Waals surface area (Å²) >= 11 is 6.27. The summed E-state index contributed by atoms with van der Waals surface area (Å²) in [6.45, 7) is 3.91. The molecule has 4 nitrogen and oxygen atoms in total. The van der Waals surface area contributed by atoms with Crippen molar-refractivity contribution in [2.24, 2.45) is 0 Å². The second-order valence-corrected chi connectivity index (χ2v) is 6.32. The van der Waals surface area contributed by atoms with Crippen LogP contribution in [0.3, 0.4) is 0 Å². The van der Waals surface area contributed by atoms with Crippen LogP contribution in [0, 0.1) is 0 Å². The van der Waals surface area contributed by atoms with E-state index in [9.17, 15) is 4.79 Å². The van der Waals surface area contributed by atoms with Crippen LogP contribution in [0.15, 0.2) is 48.5 Å². The fourth-order valence-corrected chi connectivity index (χ4v) is 2.67. The Balaban J connectivity index is 1.82. The van der Waals surface area contributed by atoms with Crippen molar-refractivity contribution in [3.05, 3.63) is 59.1 Å². The molecule has 0 fully saturated rings. The van der Waals surface area contributed by atoms with Crippen molar-refractivity contribution in [1.29, 1.82) is 0 Å². The molecule has 0 saturated carbocycles. The van der Waals surface area contributed by atoms with Crippen LogP contribution in [0.2, 0.25) is 5.02 Å². The SMILES string of the molecule is CC(C)Oc1ccc(Oc2ccc3cc(CC=O)ccc3n2)c(Cl)c1. The van der Waals surface area contributed by atoms with Crippen molar-refractivity contribution in [2.75, 3.05) is 0 Å². The molecule has 3 aromatic rings. The van der Waals surface area contributed by atoms with Gasteiger partial charge in [0.15, 0.2) is 0 Å². The van der Waals surface area contributed by atoms with Crippen LogP contribution in [0.25, 0.3) is 10.9 Å². The number of pyridine rings is 1. The highest BCUT2D eigenvalue weighted by Gasteiger charge is 2.08. The van der Waals surface area contributed by atoms with Crippen LogP contribution in [-0.2, 0) is 11.2 Å². The van der Waals surface area contributed by atoms with E-state index < -0.39 is 0 Å². The molecule has 3 rings (SSSR count). The van der Waals surface area contributed by atoms with E-state index in [1.54, 1.807) is 18.2 Å². The molecule has 0 unspecified atom stereocenters. The largest absolute Gasteiger partial charge is 0.491 e. The van der Waals surface area contributed by atoms with Gasteiger partial charge in [-0.2, -0.15) is 0 Å². The highest BCUT2D eigenvalue weighted by atomic mass is 35.5. The van der Waals surface area contributed by atoms with Crippen LogP contribution in [-0.4, -0.2) is 17.4 Å². The molecule has 1 heterocycles. The number of nitrogens with zero attached hydrogens (tertiary/aromatic N) is 1. The number of benzene rings is 2. The van der Waals surface area contributed by atoms with E-state index in [2.05, 4.69) is 4.98 Å². The molecule has 1 aromatic heterocycles. The van der Waals surface area contributed by atoms with Crippen LogP contribution in [0.4, 0.5) is 0 Å². The van der Waals surface area contributed by atoms with Crippen molar-refractivity contribution in [2.45, 2.75) is 26.4 Å². The van der Waals surface area contributed by atoms with Crippen molar-refractivity contribution in [3.8, 4) is 17.4 Å². The van der Waals surface area contributed by atoms with Crippen LogP contribution < -0.4 is 9.47 Å². The van der Waals surface area contributed by atoms with Gasteiger partial charge in [-0.05, 0) is 49.7 Å². The molecule has 0 saturated heterocycles. The first-order chi connectivity index (χ1) is 12.0. The molecule has 0 atom stereocenters. The topological polar surface area (TPSA) is 48.4 Å². The number of hydrogen-bond donors (Lipinski definition) is 0. The van der Waals surface area contributed by atoms with Gasteiger partial charge >= 0.3 is 0 Å². The highest BCUT2D eigenvalue weighted by molar-refractivity contribution is 6.32. The molecule has 0 aliphatic rings. The molecule has 25 heavy (non-hydrogen) atoms. The Bertz CT molecular complexity index is 909. The van der Waals surface area contributed by atoms with Gasteiger partial charge in [-0.1, -0.05) is 17.7 Å². The number of aromatic nitrogens is 1. The number of ether oxygens (including phenoxy) is 2. The number of aldehydes is 1. The van der Waals surface area contributed by atoms with Gasteiger partial charge in [0, 0.05) is 23.9 Å². The molecule has 0 radical (unpaired) electrons. The minimum Gasteiger partial charge on any atom is -0.491 e. The molecule has 0 aliphatic carbocycles. The summed E-state index contributed by atoms with van der Waals surface area (Å²) in [6.07, 6.45) is 1.36. The van der Waals surface area contributed by atoms with E-state index in [1.165, 1.54) is 0 Å². The number of carbonyl (C=O) groups excluding carboxylic acids is 1. The molecule has 0 N–H and O–H groups in total. The molecule has 128 valence electrons. The van der Waals surface area contributed by atoms with Crippen LogP contribution >= 0.6 is 11.6 Å². The highest BCUT2D eigenvalue weighted by Crippen LogP contribution is 2.32. The predicted molar refractivity (Wildman–Crippen MR) is 98.8 cm³/mol. The van der Waals surface area contributed by atoms with E-state index >= 15 is 0 Å². The first kappa shape index (κ1) is 17.2. The maximum atomic E-state index is 10.6.